The van der Waals surface area contributed by atoms with Crippen LogP contribution in [0.3, 0.4) is 0 Å². The number of carbonyl (C=O) groups is 5. The molecule has 1 rings (SSSR count). The number of ether oxygens (including phenoxy) is 1. The molecule has 206 valence electrons. The summed E-state index contributed by atoms with van der Waals surface area (Å²) in [7, 11) is 1.23. The number of nitrogens with one attached hydrogen (secondary N) is 4. The molecule has 0 aliphatic carbocycles. The van der Waals surface area contributed by atoms with E-state index < -0.39 is 47.8 Å². The molecule has 9 N–H and O–H groups in total. The molecule has 1 aromatic carbocycles. The minimum atomic E-state index is -1.03. The molecule has 0 spiro atoms. The minimum absolute atomic E-state index is 0.0396. The summed E-state index contributed by atoms with van der Waals surface area (Å²) >= 11 is 0. The third-order valence-electron chi connectivity index (χ3n) is 5.48. The van der Waals surface area contributed by atoms with E-state index in [2.05, 4.69) is 26.0 Å². The molecule has 0 aliphatic heterocycles. The smallest absolute Gasteiger partial charge is 0.312 e. The van der Waals surface area contributed by atoms with Crippen LogP contribution in [0, 0.1) is 5.92 Å². The summed E-state index contributed by atoms with van der Waals surface area (Å²) < 4.78 is 4.54. The normalized spacial score (nSPS) is 13.1. The first-order chi connectivity index (χ1) is 17.5. The number of aliphatic hydroxyl groups excluding tert-OH is 1. The summed E-state index contributed by atoms with van der Waals surface area (Å²) in [5.41, 5.74) is 12.1. The van der Waals surface area contributed by atoms with Crippen molar-refractivity contribution in [2.75, 3.05) is 19.0 Å². The van der Waals surface area contributed by atoms with Gasteiger partial charge in [-0.05, 0) is 42.9 Å². The lowest BCUT2D eigenvalue weighted by molar-refractivity contribution is -0.141. The van der Waals surface area contributed by atoms with Crippen LogP contribution in [0.1, 0.15) is 45.1 Å². The highest BCUT2D eigenvalue weighted by molar-refractivity contribution is 5.98. The van der Waals surface area contributed by atoms with Crippen molar-refractivity contribution in [2.24, 2.45) is 17.4 Å². The lowest BCUT2D eigenvalue weighted by atomic mass is 10.0. The molecular weight excluding hydrogens is 484 g/mol. The Morgan fingerprint density at radius 2 is 1.62 bits per heavy atom. The summed E-state index contributed by atoms with van der Waals surface area (Å²) in [5.74, 6) is -2.57. The number of primary amides is 1. The molecule has 13 heteroatoms. The molecule has 0 saturated carbocycles. The Hall–Kier alpha value is -3.71. The zero-order valence-electron chi connectivity index (χ0n) is 21.4. The zero-order chi connectivity index (χ0) is 28.0. The molecule has 0 bridgehead atoms. The molecule has 3 atom stereocenters. The van der Waals surface area contributed by atoms with Gasteiger partial charge in [0, 0.05) is 18.7 Å². The van der Waals surface area contributed by atoms with Crippen LogP contribution in [0.4, 0.5) is 10.5 Å². The largest absolute Gasteiger partial charge is 0.469 e. The number of urea groups is 1. The second-order valence-corrected chi connectivity index (χ2v) is 8.79. The molecular formula is C24H38N6O7. The van der Waals surface area contributed by atoms with Crippen molar-refractivity contribution in [1.29, 1.82) is 0 Å². The number of rotatable bonds is 15. The minimum Gasteiger partial charge on any atom is -0.469 e. The van der Waals surface area contributed by atoms with Gasteiger partial charge in [-0.3, -0.25) is 19.2 Å². The van der Waals surface area contributed by atoms with E-state index in [-0.39, 0.29) is 38.3 Å². The second kappa shape index (κ2) is 16.1. The number of esters is 1. The van der Waals surface area contributed by atoms with Crippen LogP contribution in [0.5, 0.6) is 0 Å². The zero-order valence-corrected chi connectivity index (χ0v) is 21.4. The molecule has 13 nitrogen and oxygen atoms in total. The Bertz CT molecular complexity index is 923. The Labute approximate surface area is 216 Å². The first-order valence-corrected chi connectivity index (χ1v) is 12.0. The Balaban J connectivity index is 2.91. The van der Waals surface area contributed by atoms with E-state index in [0.29, 0.717) is 17.7 Å². The van der Waals surface area contributed by atoms with Gasteiger partial charge in [-0.25, -0.2) is 4.79 Å². The van der Waals surface area contributed by atoms with Crippen LogP contribution in [0.15, 0.2) is 24.3 Å². The summed E-state index contributed by atoms with van der Waals surface area (Å²) in [5, 5.41) is 19.6. The van der Waals surface area contributed by atoms with Crippen molar-refractivity contribution in [2.45, 2.75) is 64.3 Å². The summed E-state index contributed by atoms with van der Waals surface area (Å²) in [6.45, 7) is 3.49. The fraction of sp³-hybridized carbons (Fsp3) is 0.542. The first kappa shape index (κ1) is 31.3. The van der Waals surface area contributed by atoms with E-state index in [0.717, 1.165) is 0 Å². The van der Waals surface area contributed by atoms with E-state index in [1.165, 1.54) is 7.11 Å². The van der Waals surface area contributed by atoms with Crippen LogP contribution in [-0.4, -0.2) is 66.6 Å². The third kappa shape index (κ3) is 11.7. The number of anilines is 1. The third-order valence-corrected chi connectivity index (χ3v) is 5.48. The van der Waals surface area contributed by atoms with Crippen molar-refractivity contribution in [3.63, 3.8) is 0 Å². The predicted molar refractivity (Wildman–Crippen MR) is 136 cm³/mol. The highest BCUT2D eigenvalue weighted by Gasteiger charge is 2.30. The van der Waals surface area contributed by atoms with Gasteiger partial charge in [0.05, 0.1) is 19.8 Å². The standard InChI is InChI=1S/C24H38N6O7/c1-14(2)20(30-21(33)17(25)10-11-19(32)37-3)23(35)29-18(5-4-12-27-24(26)36)22(34)28-16-8-6-15(13-31)7-9-16/h6-9,14,17-18,20,31H,4-5,10-13,25H2,1-3H3,(H,28,34)(H,29,35)(H,30,33)(H3,26,27,36)/t17-,18+,20+/m1/s1. The Morgan fingerprint density at radius 1 is 0.973 bits per heavy atom. The number of aliphatic hydroxyl groups is 1. The van der Waals surface area contributed by atoms with Crippen LogP contribution >= 0.6 is 0 Å². The quantitative estimate of drug-likeness (QED) is 0.117. The second-order valence-electron chi connectivity index (χ2n) is 8.79. The van der Waals surface area contributed by atoms with Gasteiger partial charge in [0.25, 0.3) is 0 Å². The average Bonchev–Trinajstić information content (AvgIpc) is 2.86. The molecule has 0 heterocycles. The number of nitrogens with two attached hydrogens (primary N) is 2. The van der Waals surface area contributed by atoms with Gasteiger partial charge in [-0.15, -0.1) is 0 Å². The summed E-state index contributed by atoms with van der Waals surface area (Å²) in [6.07, 6.45) is 0.494. The summed E-state index contributed by atoms with van der Waals surface area (Å²) in [4.78, 5) is 60.9. The Morgan fingerprint density at radius 3 is 2.16 bits per heavy atom. The van der Waals surface area contributed by atoms with Crippen molar-refractivity contribution < 1.29 is 33.8 Å². The number of benzene rings is 1. The van der Waals surface area contributed by atoms with Gasteiger partial charge < -0.3 is 42.6 Å². The lowest BCUT2D eigenvalue weighted by Gasteiger charge is -2.26. The molecule has 0 aromatic heterocycles. The molecule has 0 unspecified atom stereocenters. The fourth-order valence-corrected chi connectivity index (χ4v) is 3.27. The summed E-state index contributed by atoms with van der Waals surface area (Å²) in [6, 6.07) is 2.79. The number of hydrogen-bond donors (Lipinski definition) is 7. The van der Waals surface area contributed by atoms with Gasteiger partial charge in [0.1, 0.15) is 12.1 Å². The topological polar surface area (TPSA) is 215 Å². The molecule has 0 fully saturated rings. The van der Waals surface area contributed by atoms with E-state index in [1.54, 1.807) is 38.1 Å². The Kier molecular flexibility index (Phi) is 13.6. The van der Waals surface area contributed by atoms with Crippen molar-refractivity contribution in [3.05, 3.63) is 29.8 Å². The first-order valence-electron chi connectivity index (χ1n) is 12.0. The fourth-order valence-electron chi connectivity index (χ4n) is 3.27. The van der Waals surface area contributed by atoms with Gasteiger partial charge in [0.15, 0.2) is 0 Å². The van der Waals surface area contributed by atoms with Crippen LogP contribution in [-0.2, 0) is 30.5 Å². The van der Waals surface area contributed by atoms with E-state index in [1.807, 2.05) is 0 Å². The van der Waals surface area contributed by atoms with Gasteiger partial charge >= 0.3 is 12.0 Å². The van der Waals surface area contributed by atoms with Crippen LogP contribution in [0.25, 0.3) is 0 Å². The molecule has 0 aliphatic rings. The maximum absolute atomic E-state index is 13.1. The maximum atomic E-state index is 13.1. The predicted octanol–water partition coefficient (Wildman–Crippen LogP) is -0.528. The van der Waals surface area contributed by atoms with Gasteiger partial charge in [0.2, 0.25) is 17.7 Å². The molecule has 0 radical (unpaired) electrons. The average molecular weight is 523 g/mol. The molecule has 37 heavy (non-hydrogen) atoms. The maximum Gasteiger partial charge on any atom is 0.312 e. The SMILES string of the molecule is COC(=O)CC[C@@H](N)C(=O)N[C@H](C(=O)N[C@@H](CCCNC(N)=O)C(=O)Nc1ccc(CO)cc1)C(C)C. The number of amides is 5. The number of methoxy groups -OCH3 is 1. The van der Waals surface area contributed by atoms with Gasteiger partial charge in [-0.2, -0.15) is 0 Å². The van der Waals surface area contributed by atoms with E-state index >= 15 is 0 Å². The molecule has 5 amide bonds. The highest BCUT2D eigenvalue weighted by Crippen LogP contribution is 2.12. The molecule has 1 aromatic rings. The lowest BCUT2D eigenvalue weighted by Crippen LogP contribution is -2.56. The molecule has 0 saturated heterocycles. The van der Waals surface area contributed by atoms with E-state index in [9.17, 15) is 29.1 Å². The monoisotopic (exact) mass is 522 g/mol. The van der Waals surface area contributed by atoms with Crippen LogP contribution in [0.2, 0.25) is 0 Å². The van der Waals surface area contributed by atoms with Crippen LogP contribution < -0.4 is 32.7 Å². The van der Waals surface area contributed by atoms with E-state index in [4.69, 9.17) is 11.5 Å². The van der Waals surface area contributed by atoms with Gasteiger partial charge in [-0.1, -0.05) is 26.0 Å². The number of hydrogen-bond acceptors (Lipinski definition) is 8. The number of carbonyl (C=O) groups excluding carboxylic acids is 5. The van der Waals surface area contributed by atoms with Crippen molar-refractivity contribution >= 4 is 35.4 Å². The van der Waals surface area contributed by atoms with Crippen molar-refractivity contribution in [3.8, 4) is 0 Å². The van der Waals surface area contributed by atoms with Crippen molar-refractivity contribution in [1.82, 2.24) is 16.0 Å². The highest BCUT2D eigenvalue weighted by atomic mass is 16.5.